The van der Waals surface area contributed by atoms with Crippen molar-refractivity contribution in [2.24, 2.45) is 5.92 Å². The van der Waals surface area contributed by atoms with Gasteiger partial charge in [0.2, 0.25) is 5.91 Å². The second kappa shape index (κ2) is 7.21. The summed E-state index contributed by atoms with van der Waals surface area (Å²) >= 11 is 0. The van der Waals surface area contributed by atoms with Crippen LogP contribution in [0.4, 0.5) is 18.9 Å². The van der Waals surface area contributed by atoms with Gasteiger partial charge in [-0.1, -0.05) is 6.07 Å². The number of anilines is 1. The summed E-state index contributed by atoms with van der Waals surface area (Å²) in [5.74, 6) is -0.292. The Labute approximate surface area is 133 Å². The molecule has 1 fully saturated rings. The van der Waals surface area contributed by atoms with Gasteiger partial charge in [-0.2, -0.15) is 13.2 Å². The number of aryl methyl sites for hydroxylation is 1. The third-order valence-corrected chi connectivity index (χ3v) is 3.78. The van der Waals surface area contributed by atoms with E-state index in [0.717, 1.165) is 12.1 Å². The number of alkyl halides is 3. The van der Waals surface area contributed by atoms with E-state index in [2.05, 4.69) is 10.6 Å². The molecule has 1 aliphatic rings. The minimum Gasteiger partial charge on any atom is -0.482 e. The van der Waals surface area contributed by atoms with Crippen LogP contribution in [-0.4, -0.2) is 31.3 Å². The molecule has 2 atom stereocenters. The molecule has 0 saturated carbocycles. The quantitative estimate of drug-likeness (QED) is 0.891. The van der Waals surface area contributed by atoms with E-state index in [1.165, 1.54) is 6.07 Å². The van der Waals surface area contributed by atoms with Gasteiger partial charge >= 0.3 is 6.18 Å². The Morgan fingerprint density at radius 2 is 2.17 bits per heavy atom. The van der Waals surface area contributed by atoms with Crippen molar-refractivity contribution >= 4 is 11.6 Å². The van der Waals surface area contributed by atoms with Gasteiger partial charge in [0.05, 0.1) is 5.69 Å². The summed E-state index contributed by atoms with van der Waals surface area (Å²) in [6, 6.07) is 5.04. The first-order chi connectivity index (χ1) is 10.7. The van der Waals surface area contributed by atoms with Crippen LogP contribution in [-0.2, 0) is 4.79 Å². The van der Waals surface area contributed by atoms with Crippen molar-refractivity contribution in [2.75, 3.05) is 18.5 Å². The predicted molar refractivity (Wildman–Crippen MR) is 81.5 cm³/mol. The van der Waals surface area contributed by atoms with Crippen molar-refractivity contribution in [3.63, 3.8) is 0 Å². The molecule has 2 rings (SSSR count). The number of piperidine rings is 1. The van der Waals surface area contributed by atoms with Crippen LogP contribution in [0.1, 0.15) is 25.3 Å². The number of amides is 1. The number of benzene rings is 1. The van der Waals surface area contributed by atoms with Crippen LogP contribution in [0.3, 0.4) is 0 Å². The zero-order valence-electron chi connectivity index (χ0n) is 13.2. The molecule has 1 aromatic rings. The van der Waals surface area contributed by atoms with Crippen molar-refractivity contribution in [1.82, 2.24) is 5.32 Å². The highest BCUT2D eigenvalue weighted by Gasteiger charge is 2.29. The van der Waals surface area contributed by atoms with Crippen molar-refractivity contribution in [2.45, 2.75) is 38.9 Å². The van der Waals surface area contributed by atoms with Gasteiger partial charge in [-0.05, 0) is 50.9 Å². The summed E-state index contributed by atoms with van der Waals surface area (Å²) in [7, 11) is 0. The summed E-state index contributed by atoms with van der Waals surface area (Å²) in [6.07, 6.45) is -3.01. The Balaban J connectivity index is 2.07. The third-order valence-electron chi connectivity index (χ3n) is 3.78. The first-order valence-electron chi connectivity index (χ1n) is 7.59. The summed E-state index contributed by atoms with van der Waals surface area (Å²) < 4.78 is 41.9. The highest BCUT2D eigenvalue weighted by atomic mass is 19.4. The minimum absolute atomic E-state index is 0.0395. The molecule has 128 valence electrons. The van der Waals surface area contributed by atoms with Crippen LogP contribution < -0.4 is 15.4 Å². The molecule has 2 N–H and O–H groups in total. The molecule has 0 aromatic heterocycles. The van der Waals surface area contributed by atoms with E-state index < -0.39 is 12.8 Å². The maximum Gasteiger partial charge on any atom is 0.422 e. The fourth-order valence-corrected chi connectivity index (χ4v) is 2.62. The Kier molecular flexibility index (Phi) is 5.51. The van der Waals surface area contributed by atoms with Gasteiger partial charge in [-0.15, -0.1) is 0 Å². The standard InChI is InChI=1S/C16H21F3N2O2/c1-10-3-4-13(14(7-10)23-9-16(17,18)19)21-15(22)12-5-6-20-11(2)8-12/h3-4,7,11-12,20H,5-6,8-9H2,1-2H3,(H,21,22)/t11-,12-/m0/s1. The van der Waals surface area contributed by atoms with E-state index >= 15 is 0 Å². The number of carbonyl (C=O) groups is 1. The van der Waals surface area contributed by atoms with E-state index in [1.807, 2.05) is 6.92 Å². The number of ether oxygens (including phenoxy) is 1. The Bertz CT molecular complexity index is 561. The fourth-order valence-electron chi connectivity index (χ4n) is 2.62. The average molecular weight is 330 g/mol. The van der Waals surface area contributed by atoms with Gasteiger partial charge in [0.25, 0.3) is 0 Å². The van der Waals surface area contributed by atoms with Crippen molar-refractivity contribution in [3.8, 4) is 5.75 Å². The van der Waals surface area contributed by atoms with E-state index in [9.17, 15) is 18.0 Å². The number of nitrogens with one attached hydrogen (secondary N) is 2. The summed E-state index contributed by atoms with van der Waals surface area (Å²) in [6.45, 7) is 3.12. The molecule has 4 nitrogen and oxygen atoms in total. The van der Waals surface area contributed by atoms with Crippen LogP contribution in [0.15, 0.2) is 18.2 Å². The maximum absolute atomic E-state index is 12.4. The number of carbonyl (C=O) groups excluding carboxylic acids is 1. The molecule has 0 aliphatic carbocycles. The highest BCUT2D eigenvalue weighted by Crippen LogP contribution is 2.29. The SMILES string of the molecule is Cc1ccc(NC(=O)[C@H]2CCN[C@@H](C)C2)c(OCC(F)(F)F)c1. The van der Waals surface area contributed by atoms with Crippen LogP contribution in [0.5, 0.6) is 5.75 Å². The zero-order chi connectivity index (χ0) is 17.0. The number of halogens is 3. The van der Waals surface area contributed by atoms with Crippen molar-refractivity contribution in [1.29, 1.82) is 0 Å². The summed E-state index contributed by atoms with van der Waals surface area (Å²) in [5.41, 5.74) is 1.03. The molecule has 0 radical (unpaired) electrons. The second-order valence-electron chi connectivity index (χ2n) is 5.97. The molecular formula is C16H21F3N2O2. The van der Waals surface area contributed by atoms with Crippen LogP contribution >= 0.6 is 0 Å². The molecule has 1 aliphatic heterocycles. The van der Waals surface area contributed by atoms with Crippen LogP contribution in [0.2, 0.25) is 0 Å². The lowest BCUT2D eigenvalue weighted by atomic mass is 9.92. The smallest absolute Gasteiger partial charge is 0.422 e. The molecule has 1 heterocycles. The molecule has 23 heavy (non-hydrogen) atoms. The molecule has 0 spiro atoms. The maximum atomic E-state index is 12.4. The normalized spacial score (nSPS) is 21.8. The topological polar surface area (TPSA) is 50.4 Å². The van der Waals surface area contributed by atoms with E-state index in [0.29, 0.717) is 12.8 Å². The van der Waals surface area contributed by atoms with Gasteiger partial charge in [0.1, 0.15) is 5.75 Å². The Hall–Kier alpha value is -1.76. The van der Waals surface area contributed by atoms with Gasteiger partial charge in [0, 0.05) is 12.0 Å². The van der Waals surface area contributed by atoms with E-state index in [1.54, 1.807) is 19.1 Å². The van der Waals surface area contributed by atoms with Crippen LogP contribution in [0, 0.1) is 12.8 Å². The number of hydrogen-bond donors (Lipinski definition) is 2. The first kappa shape index (κ1) is 17.6. The molecule has 0 bridgehead atoms. The highest BCUT2D eigenvalue weighted by molar-refractivity contribution is 5.94. The van der Waals surface area contributed by atoms with E-state index in [-0.39, 0.29) is 29.3 Å². The monoisotopic (exact) mass is 330 g/mol. The molecule has 7 heteroatoms. The molecule has 1 amide bonds. The van der Waals surface area contributed by atoms with Crippen molar-refractivity contribution in [3.05, 3.63) is 23.8 Å². The zero-order valence-corrected chi connectivity index (χ0v) is 13.2. The molecule has 1 saturated heterocycles. The third kappa shape index (κ3) is 5.42. The number of hydrogen-bond acceptors (Lipinski definition) is 3. The fraction of sp³-hybridized carbons (Fsp3) is 0.562. The molecule has 0 unspecified atom stereocenters. The molecular weight excluding hydrogens is 309 g/mol. The van der Waals surface area contributed by atoms with E-state index in [4.69, 9.17) is 4.74 Å². The molecule has 1 aromatic carbocycles. The summed E-state index contributed by atoms with van der Waals surface area (Å²) in [5, 5.41) is 5.96. The average Bonchev–Trinajstić information content (AvgIpc) is 2.46. The van der Waals surface area contributed by atoms with Gasteiger partial charge in [-0.25, -0.2) is 0 Å². The predicted octanol–water partition coefficient (Wildman–Crippen LogP) is 3.26. The Morgan fingerprint density at radius 3 is 2.83 bits per heavy atom. The first-order valence-corrected chi connectivity index (χ1v) is 7.59. The lowest BCUT2D eigenvalue weighted by Gasteiger charge is -2.27. The minimum atomic E-state index is -4.42. The summed E-state index contributed by atoms with van der Waals surface area (Å²) in [4.78, 5) is 12.3. The Morgan fingerprint density at radius 1 is 1.43 bits per heavy atom. The lowest BCUT2D eigenvalue weighted by molar-refractivity contribution is -0.153. The van der Waals surface area contributed by atoms with Gasteiger partial charge < -0.3 is 15.4 Å². The number of rotatable bonds is 4. The lowest BCUT2D eigenvalue weighted by Crippen LogP contribution is -2.40. The largest absolute Gasteiger partial charge is 0.482 e. The van der Waals surface area contributed by atoms with Gasteiger partial charge in [-0.3, -0.25) is 4.79 Å². The van der Waals surface area contributed by atoms with Crippen LogP contribution in [0.25, 0.3) is 0 Å². The van der Waals surface area contributed by atoms with Gasteiger partial charge in [0.15, 0.2) is 6.61 Å². The second-order valence-corrected chi connectivity index (χ2v) is 5.97. The van der Waals surface area contributed by atoms with Crippen molar-refractivity contribution < 1.29 is 22.7 Å².